The largest absolute Gasteiger partial charge is 0.460 e. The van der Waals surface area contributed by atoms with Crippen LogP contribution in [0.15, 0.2) is 24.3 Å². The summed E-state index contributed by atoms with van der Waals surface area (Å²) in [5, 5.41) is 3.32. The molecule has 1 rings (SSSR count). The van der Waals surface area contributed by atoms with Crippen molar-refractivity contribution in [3.63, 3.8) is 0 Å². The lowest BCUT2D eigenvalue weighted by atomic mass is 10.0. The van der Waals surface area contributed by atoms with E-state index in [0.29, 0.717) is 144 Å². The van der Waals surface area contributed by atoms with Gasteiger partial charge in [-0.15, -0.1) is 0 Å². The lowest BCUT2D eigenvalue weighted by Gasteiger charge is -2.09. The second-order valence-corrected chi connectivity index (χ2v) is 15.0. The normalized spacial score (nSPS) is 11.5. The Morgan fingerprint density at radius 1 is 0.339 bits per heavy atom. The molecule has 0 saturated heterocycles. The fraction of sp³-hybridized carbons (Fsp3) is 0.854. The minimum Gasteiger partial charge on any atom is -0.460 e. The van der Waals surface area contributed by atoms with Gasteiger partial charge in [0.05, 0.1) is 144 Å². The van der Waals surface area contributed by atoms with Crippen LogP contribution in [0.3, 0.4) is 0 Å². The van der Waals surface area contributed by atoms with E-state index in [1.807, 2.05) is 12.1 Å². The van der Waals surface area contributed by atoms with E-state index >= 15 is 0 Å². The van der Waals surface area contributed by atoms with Crippen molar-refractivity contribution in [1.29, 1.82) is 0 Å². The highest BCUT2D eigenvalue weighted by Gasteiger charge is 2.07. The van der Waals surface area contributed by atoms with Gasteiger partial charge in [-0.1, -0.05) is 97.3 Å². The molecule has 0 unspecified atom stereocenters. The number of nitrogens with one attached hydrogen (secondary N) is 1. The number of hydrogen-bond donors (Lipinski definition) is 1. The van der Waals surface area contributed by atoms with Gasteiger partial charge in [0, 0.05) is 18.8 Å². The number of rotatable bonds is 52. The molecule has 0 atom stereocenters. The van der Waals surface area contributed by atoms with Crippen LogP contribution in [0.2, 0.25) is 0 Å². The van der Waals surface area contributed by atoms with Gasteiger partial charge in [-0.2, -0.15) is 0 Å². The van der Waals surface area contributed by atoms with E-state index in [9.17, 15) is 4.79 Å². The minimum absolute atomic E-state index is 0.191. The molecule has 0 heterocycles. The van der Waals surface area contributed by atoms with Crippen LogP contribution in [-0.2, 0) is 56.8 Å². The number of benzene rings is 1. The lowest BCUT2D eigenvalue weighted by molar-refractivity contribution is -0.0280. The standard InChI is InChI=1S/C48H89NO13/c1-3-5-7-8-9-10-11-12-13-14-15-16-17-23-51-24-25-52-26-27-53-28-29-54-30-31-55-32-33-56-34-35-57-36-37-58-38-39-59-40-41-60-42-43-61-44-45-62-48(50)46-18-20-47(21-19-46)49-22-6-4-2/h18-21,49H,3-17,22-45H2,1-2H3. The summed E-state index contributed by atoms with van der Waals surface area (Å²) in [6.07, 6.45) is 20.0. The molecular weight excluding hydrogens is 799 g/mol. The topological polar surface area (TPSA) is 140 Å². The van der Waals surface area contributed by atoms with Crippen molar-refractivity contribution in [2.45, 2.75) is 110 Å². The van der Waals surface area contributed by atoms with Gasteiger partial charge < -0.3 is 62.2 Å². The maximum Gasteiger partial charge on any atom is 0.338 e. The van der Waals surface area contributed by atoms with Crippen LogP contribution in [-0.4, -0.2) is 164 Å². The van der Waals surface area contributed by atoms with Crippen molar-refractivity contribution < 1.29 is 61.6 Å². The van der Waals surface area contributed by atoms with E-state index in [1.165, 1.54) is 77.0 Å². The molecule has 1 N–H and O–H groups in total. The van der Waals surface area contributed by atoms with Gasteiger partial charge >= 0.3 is 5.97 Å². The first-order chi connectivity index (χ1) is 30.8. The molecule has 0 amide bonds. The smallest absolute Gasteiger partial charge is 0.338 e. The molecule has 14 nitrogen and oxygen atoms in total. The van der Waals surface area contributed by atoms with Gasteiger partial charge in [-0.25, -0.2) is 4.79 Å². The maximum atomic E-state index is 12.2. The highest BCUT2D eigenvalue weighted by Crippen LogP contribution is 2.13. The van der Waals surface area contributed by atoms with Crippen molar-refractivity contribution in [1.82, 2.24) is 0 Å². The predicted octanol–water partition coefficient (Wildman–Crippen LogP) is 8.33. The molecule has 1 aromatic carbocycles. The van der Waals surface area contributed by atoms with Crippen molar-refractivity contribution in [3.05, 3.63) is 29.8 Å². The van der Waals surface area contributed by atoms with Gasteiger partial charge in [0.1, 0.15) is 6.61 Å². The van der Waals surface area contributed by atoms with Gasteiger partial charge in [0.15, 0.2) is 0 Å². The van der Waals surface area contributed by atoms with Crippen molar-refractivity contribution >= 4 is 11.7 Å². The molecule has 0 fully saturated rings. The van der Waals surface area contributed by atoms with E-state index in [1.54, 1.807) is 12.1 Å². The van der Waals surface area contributed by atoms with Crippen LogP contribution in [0.25, 0.3) is 0 Å². The first-order valence-corrected chi connectivity index (χ1v) is 24.1. The molecule has 62 heavy (non-hydrogen) atoms. The third-order valence-electron chi connectivity index (χ3n) is 9.55. The summed E-state index contributed by atoms with van der Waals surface area (Å²) >= 11 is 0. The van der Waals surface area contributed by atoms with Crippen LogP contribution in [0.5, 0.6) is 0 Å². The molecule has 0 aliphatic heterocycles. The molecule has 364 valence electrons. The second kappa shape index (κ2) is 50.1. The van der Waals surface area contributed by atoms with Gasteiger partial charge in [-0.05, 0) is 37.1 Å². The Morgan fingerprint density at radius 3 is 0.935 bits per heavy atom. The molecule has 14 heteroatoms. The fourth-order valence-electron chi connectivity index (χ4n) is 5.93. The Hall–Kier alpha value is -1.95. The second-order valence-electron chi connectivity index (χ2n) is 15.0. The van der Waals surface area contributed by atoms with E-state index in [-0.39, 0.29) is 12.6 Å². The monoisotopic (exact) mass is 888 g/mol. The Labute approximate surface area is 376 Å². The molecule has 0 aliphatic rings. The zero-order valence-electron chi connectivity index (χ0n) is 39.2. The summed E-state index contributed by atoms with van der Waals surface area (Å²) in [5.74, 6) is -0.359. The zero-order chi connectivity index (χ0) is 44.3. The highest BCUT2D eigenvalue weighted by atomic mass is 16.6. The third kappa shape index (κ3) is 43.3. The van der Waals surface area contributed by atoms with E-state index in [0.717, 1.165) is 38.1 Å². The van der Waals surface area contributed by atoms with E-state index in [2.05, 4.69) is 19.2 Å². The fourth-order valence-corrected chi connectivity index (χ4v) is 5.93. The minimum atomic E-state index is -0.359. The van der Waals surface area contributed by atoms with Gasteiger partial charge in [-0.3, -0.25) is 0 Å². The molecule has 0 bridgehead atoms. The van der Waals surface area contributed by atoms with Crippen LogP contribution >= 0.6 is 0 Å². The number of unbranched alkanes of at least 4 members (excludes halogenated alkanes) is 13. The molecule has 1 aromatic rings. The van der Waals surface area contributed by atoms with Gasteiger partial charge in [0.25, 0.3) is 0 Å². The highest BCUT2D eigenvalue weighted by molar-refractivity contribution is 5.89. The molecule has 0 radical (unpaired) electrons. The predicted molar refractivity (Wildman–Crippen MR) is 245 cm³/mol. The summed E-state index contributed by atoms with van der Waals surface area (Å²) < 4.78 is 66.2. The first-order valence-electron chi connectivity index (χ1n) is 24.1. The maximum absolute atomic E-state index is 12.2. The summed E-state index contributed by atoms with van der Waals surface area (Å²) in [5.41, 5.74) is 1.52. The van der Waals surface area contributed by atoms with Crippen molar-refractivity contribution in [3.8, 4) is 0 Å². The van der Waals surface area contributed by atoms with E-state index in [4.69, 9.17) is 56.8 Å². The lowest BCUT2D eigenvalue weighted by Crippen LogP contribution is -2.15. The quantitative estimate of drug-likeness (QED) is 0.0495. The summed E-state index contributed by atoms with van der Waals surface area (Å²) in [6, 6.07) is 7.30. The summed E-state index contributed by atoms with van der Waals surface area (Å²) in [4.78, 5) is 12.2. The first kappa shape index (κ1) is 58.1. The Bertz CT molecular complexity index is 1020. The third-order valence-corrected chi connectivity index (χ3v) is 9.55. The zero-order valence-corrected chi connectivity index (χ0v) is 39.2. The Balaban J connectivity index is 1.65. The van der Waals surface area contributed by atoms with E-state index < -0.39 is 0 Å². The number of esters is 1. The summed E-state index contributed by atoms with van der Waals surface area (Å²) in [6.45, 7) is 16.9. The molecule has 0 saturated carbocycles. The molecule has 0 aromatic heterocycles. The Morgan fingerprint density at radius 2 is 0.613 bits per heavy atom. The Kier molecular flexibility index (Phi) is 46.9. The molecular formula is C48H89NO13. The number of carbonyl (C=O) groups excluding carboxylic acids is 1. The van der Waals surface area contributed by atoms with Crippen molar-refractivity contribution in [2.75, 3.05) is 164 Å². The summed E-state index contributed by atoms with van der Waals surface area (Å²) in [7, 11) is 0. The number of carbonyl (C=O) groups is 1. The van der Waals surface area contributed by atoms with Crippen LogP contribution < -0.4 is 5.32 Å². The van der Waals surface area contributed by atoms with Crippen molar-refractivity contribution in [2.24, 2.45) is 0 Å². The van der Waals surface area contributed by atoms with Crippen LogP contribution in [0.1, 0.15) is 121 Å². The average Bonchev–Trinajstić information content (AvgIpc) is 3.29. The number of ether oxygens (including phenoxy) is 12. The van der Waals surface area contributed by atoms with Gasteiger partial charge in [0.2, 0.25) is 0 Å². The average molecular weight is 888 g/mol. The molecule has 0 aliphatic carbocycles. The number of anilines is 1. The number of hydrogen-bond acceptors (Lipinski definition) is 14. The molecule has 0 spiro atoms. The van der Waals surface area contributed by atoms with Crippen LogP contribution in [0.4, 0.5) is 5.69 Å². The van der Waals surface area contributed by atoms with Crippen LogP contribution in [0, 0.1) is 0 Å². The SMILES string of the molecule is CCCCCCCCCCCCCCCOCCOCCOCCOCCOCCOCCOCCOCCOCCOCCOCCOC(=O)c1ccc(NCCCC)cc1.